The summed E-state index contributed by atoms with van der Waals surface area (Å²) in [4.78, 5) is 41.5. The van der Waals surface area contributed by atoms with E-state index in [1.807, 2.05) is 4.72 Å². The lowest BCUT2D eigenvalue weighted by Crippen LogP contribution is -2.52. The number of fused-ring (bicyclic) bond motifs is 1. The summed E-state index contributed by atoms with van der Waals surface area (Å²) >= 11 is 1.43. The zero-order valence-corrected chi connectivity index (χ0v) is 29.1. The van der Waals surface area contributed by atoms with Crippen LogP contribution in [0, 0.1) is 25.5 Å². The first-order valence-electron chi connectivity index (χ1n) is 14.5. The van der Waals surface area contributed by atoms with Crippen molar-refractivity contribution < 1.29 is 40.0 Å². The quantitative estimate of drug-likeness (QED) is 0.154. The molecule has 3 amide bonds. The molecule has 1 aromatic heterocycles. The third-order valence-electron chi connectivity index (χ3n) is 7.14. The van der Waals surface area contributed by atoms with Crippen molar-refractivity contribution in [3.05, 3.63) is 119 Å². The van der Waals surface area contributed by atoms with Gasteiger partial charge in [0.15, 0.2) is 0 Å². The predicted octanol–water partition coefficient (Wildman–Crippen LogP) is 5.16. The van der Waals surface area contributed by atoms with E-state index >= 15 is 0 Å². The first-order valence-corrected chi connectivity index (χ1v) is 18.3. The van der Waals surface area contributed by atoms with Crippen molar-refractivity contribution in [3.63, 3.8) is 0 Å². The summed E-state index contributed by atoms with van der Waals surface area (Å²) in [5, 5.41) is 2.35. The lowest BCUT2D eigenvalue weighted by atomic mass is 10.0. The second-order valence-electron chi connectivity index (χ2n) is 10.7. The smallest absolute Gasteiger partial charge is 0.325 e. The Morgan fingerprint density at radius 1 is 0.900 bits per heavy atom. The number of amides is 3. The lowest BCUT2D eigenvalue weighted by molar-refractivity contribution is -0.120. The molecule has 1 heterocycles. The molecule has 0 fully saturated rings. The highest BCUT2D eigenvalue weighted by Gasteiger charge is 2.28. The number of rotatable bonds is 9. The number of benzene rings is 4. The maximum absolute atomic E-state index is 13.8. The molecule has 0 spiro atoms. The molecule has 260 valence electrons. The molecule has 0 aliphatic rings. The fourth-order valence-corrected chi connectivity index (χ4v) is 7.49. The van der Waals surface area contributed by atoms with Gasteiger partial charge in [-0.1, -0.05) is 40.8 Å². The highest BCUT2D eigenvalue weighted by Crippen LogP contribution is 2.24. The molecular weight excluding hydrogens is 713 g/mol. The van der Waals surface area contributed by atoms with Crippen LogP contribution in [0.15, 0.2) is 105 Å². The minimum Gasteiger partial charge on any atom is -0.325 e. The van der Waals surface area contributed by atoms with Crippen molar-refractivity contribution in [2.75, 3.05) is 11.9 Å². The Hall–Kier alpha value is -5.35. The molecule has 0 aliphatic carbocycles. The molecule has 0 radical (unpaired) electrons. The Morgan fingerprint density at radius 2 is 1.50 bits per heavy atom. The molecule has 50 heavy (non-hydrogen) atoms. The predicted molar refractivity (Wildman–Crippen MR) is 183 cm³/mol. The number of likely N-dealkylation sites (N-methyl/N-ethyl adjacent to an activating group) is 1. The van der Waals surface area contributed by atoms with E-state index in [0.29, 0.717) is 28.4 Å². The fourth-order valence-electron chi connectivity index (χ4n) is 4.75. The molecular formula is C33H29F2N5O7S3. The van der Waals surface area contributed by atoms with Crippen LogP contribution in [0.5, 0.6) is 0 Å². The number of aromatic nitrogens is 1. The van der Waals surface area contributed by atoms with Crippen molar-refractivity contribution in [3.8, 4) is 0 Å². The summed E-state index contributed by atoms with van der Waals surface area (Å²) in [5.41, 5.74) is 3.87. The summed E-state index contributed by atoms with van der Waals surface area (Å²) in [7, 11) is -6.62. The Balaban J connectivity index is 0.000000363. The third kappa shape index (κ3) is 9.41. The molecule has 0 aliphatic heterocycles. The molecule has 2 N–H and O–H groups in total. The molecule has 0 bridgehead atoms. The van der Waals surface area contributed by atoms with E-state index < -0.39 is 49.7 Å². The van der Waals surface area contributed by atoms with E-state index in [1.165, 1.54) is 41.5 Å². The van der Waals surface area contributed by atoms with Crippen LogP contribution in [-0.4, -0.2) is 52.9 Å². The monoisotopic (exact) mass is 741 g/mol. The number of hydrogen-bond acceptors (Lipinski definition) is 9. The summed E-state index contributed by atoms with van der Waals surface area (Å²) in [5.74, 6) is -2.34. The SMILES string of the molecule is Cc1ccccc1S(=O)(=O)N=C=O.Cc1ccccc1S(=O)(=O)NC(=O)N[C@@H](Cc1cc(F)cc(F)c1)C(=O)N(C)c1ccc2scnc2c1. The number of carbonyl (C=O) groups excluding carboxylic acids is 3. The molecule has 1 atom stereocenters. The summed E-state index contributed by atoms with van der Waals surface area (Å²) in [6, 6.07) is 17.8. The van der Waals surface area contributed by atoms with E-state index in [2.05, 4.69) is 14.7 Å². The topological polar surface area (TPSA) is 172 Å². The molecule has 0 saturated carbocycles. The van der Waals surface area contributed by atoms with Crippen molar-refractivity contribution in [1.29, 1.82) is 0 Å². The molecule has 4 aromatic carbocycles. The largest absolute Gasteiger partial charge is 0.329 e. The van der Waals surface area contributed by atoms with E-state index in [0.717, 1.165) is 22.9 Å². The highest BCUT2D eigenvalue weighted by atomic mass is 32.2. The standard InChI is InChI=1S/C25H22F2N4O4S2.C8H7NO3S/c1-15-5-3-4-6-23(15)37(34,35)30-25(33)29-21(11-16-9-17(26)12-18(27)10-16)24(32)31(2)19-7-8-22-20(13-19)28-14-36-22;1-7-4-2-3-5-8(7)13(11,12)9-6-10/h3-10,12-14,21H,11H2,1-2H3,(H2,29,30,33);2-5H,1H3/t21-;/m0./s1. The Morgan fingerprint density at radius 3 is 2.10 bits per heavy atom. The number of sulfonamides is 2. The van der Waals surface area contributed by atoms with Gasteiger partial charge in [0.25, 0.3) is 26.1 Å². The number of aryl methyl sites for hydroxylation is 2. The van der Waals surface area contributed by atoms with Crippen LogP contribution in [0.1, 0.15) is 16.7 Å². The Labute approximate surface area is 290 Å². The Kier molecular flexibility index (Phi) is 11.9. The van der Waals surface area contributed by atoms with Crippen LogP contribution in [0.3, 0.4) is 0 Å². The van der Waals surface area contributed by atoms with Gasteiger partial charge in [0.05, 0.1) is 25.5 Å². The molecule has 0 unspecified atom stereocenters. The number of nitrogens with zero attached hydrogens (tertiary/aromatic N) is 3. The first kappa shape index (κ1) is 37.5. The van der Waals surface area contributed by atoms with Gasteiger partial charge in [-0.2, -0.15) is 8.42 Å². The lowest BCUT2D eigenvalue weighted by Gasteiger charge is -2.25. The van der Waals surface area contributed by atoms with Crippen molar-refractivity contribution in [2.24, 2.45) is 4.40 Å². The third-order valence-corrected chi connectivity index (χ3v) is 10.8. The number of hydrogen-bond donors (Lipinski definition) is 2. The number of isocyanates is 1. The van der Waals surface area contributed by atoms with Gasteiger partial charge in [0.1, 0.15) is 17.7 Å². The number of anilines is 1. The van der Waals surface area contributed by atoms with Crippen LogP contribution < -0.4 is 14.9 Å². The van der Waals surface area contributed by atoms with Crippen LogP contribution in [0.2, 0.25) is 0 Å². The number of urea groups is 1. The van der Waals surface area contributed by atoms with E-state index in [-0.39, 0.29) is 21.8 Å². The van der Waals surface area contributed by atoms with Gasteiger partial charge in [-0.05, 0) is 73.0 Å². The van der Waals surface area contributed by atoms with E-state index in [4.69, 9.17) is 0 Å². The molecule has 5 rings (SSSR count). The van der Waals surface area contributed by atoms with Crippen molar-refractivity contribution in [2.45, 2.75) is 36.1 Å². The normalized spacial score (nSPS) is 11.8. The van der Waals surface area contributed by atoms with Gasteiger partial charge in [-0.25, -0.2) is 36.5 Å². The van der Waals surface area contributed by atoms with Gasteiger partial charge in [0, 0.05) is 25.2 Å². The van der Waals surface area contributed by atoms with Gasteiger partial charge < -0.3 is 10.2 Å². The molecule has 12 nitrogen and oxygen atoms in total. The minimum absolute atomic E-state index is 0.0401. The maximum Gasteiger partial charge on any atom is 0.329 e. The van der Waals surface area contributed by atoms with Crippen LogP contribution in [0.4, 0.5) is 19.3 Å². The van der Waals surface area contributed by atoms with Gasteiger partial charge in [-0.15, -0.1) is 11.3 Å². The molecule has 0 saturated heterocycles. The van der Waals surface area contributed by atoms with E-state index in [9.17, 15) is 40.0 Å². The van der Waals surface area contributed by atoms with Crippen LogP contribution >= 0.6 is 11.3 Å². The number of halogens is 2. The minimum atomic E-state index is -4.25. The maximum atomic E-state index is 13.8. The second kappa shape index (κ2) is 15.9. The summed E-state index contributed by atoms with van der Waals surface area (Å²) in [6.07, 6.45) is 0.724. The zero-order chi connectivity index (χ0) is 36.6. The van der Waals surface area contributed by atoms with Crippen LogP contribution in [0.25, 0.3) is 10.2 Å². The first-order chi connectivity index (χ1) is 23.6. The molecule has 5 aromatic rings. The van der Waals surface area contributed by atoms with Gasteiger partial charge in [-0.3, -0.25) is 4.79 Å². The summed E-state index contributed by atoms with van der Waals surface area (Å²) < 4.78 is 81.1. The molecule has 17 heteroatoms. The van der Waals surface area contributed by atoms with Crippen molar-refractivity contribution in [1.82, 2.24) is 15.0 Å². The highest BCUT2D eigenvalue weighted by molar-refractivity contribution is 7.90. The average molecular weight is 742 g/mol. The summed E-state index contributed by atoms with van der Waals surface area (Å²) in [6.45, 7) is 3.21. The Bertz CT molecular complexity index is 2310. The van der Waals surface area contributed by atoms with E-state index in [1.54, 1.807) is 67.9 Å². The van der Waals surface area contributed by atoms with Crippen LogP contribution in [-0.2, 0) is 36.1 Å². The van der Waals surface area contributed by atoms with Crippen molar-refractivity contribution >= 4 is 65.3 Å². The number of carbonyl (C=O) groups is 2. The number of thiazole rings is 1. The second-order valence-corrected chi connectivity index (χ2v) is 14.8. The fraction of sp³-hybridized carbons (Fsp3) is 0.152. The zero-order valence-electron chi connectivity index (χ0n) is 26.6. The van der Waals surface area contributed by atoms with Gasteiger partial charge >= 0.3 is 6.03 Å². The van der Waals surface area contributed by atoms with Gasteiger partial charge in [0.2, 0.25) is 5.91 Å². The number of nitrogens with one attached hydrogen (secondary N) is 2. The average Bonchev–Trinajstić information content (AvgIpc) is 3.52.